The Labute approximate surface area is 149 Å². The van der Waals surface area contributed by atoms with Crippen LogP contribution < -0.4 is 5.32 Å². The Kier molecular flexibility index (Phi) is 10.6. The van der Waals surface area contributed by atoms with Crippen molar-refractivity contribution < 1.29 is 9.28 Å². The van der Waals surface area contributed by atoms with Gasteiger partial charge < -0.3 is 5.32 Å². The summed E-state index contributed by atoms with van der Waals surface area (Å²) in [6.07, 6.45) is 17.2. The first kappa shape index (κ1) is 20.9. The molecule has 2 unspecified atom stereocenters. The summed E-state index contributed by atoms with van der Waals surface area (Å²) in [6, 6.07) is 0. The molecular formula is C20H38N3O+. The van der Waals surface area contributed by atoms with E-state index in [1.165, 1.54) is 51.4 Å². The molecule has 1 amide bonds. The van der Waals surface area contributed by atoms with Gasteiger partial charge in [0.05, 0.1) is 25.8 Å². The quantitative estimate of drug-likeness (QED) is 0.307. The van der Waals surface area contributed by atoms with Crippen molar-refractivity contribution in [1.82, 2.24) is 5.32 Å². The summed E-state index contributed by atoms with van der Waals surface area (Å²) in [6.45, 7) is 9.91. The number of amides is 1. The molecule has 24 heavy (non-hydrogen) atoms. The summed E-state index contributed by atoms with van der Waals surface area (Å²) in [5.74, 6) is 0.0638. The van der Waals surface area contributed by atoms with Crippen LogP contribution in [0, 0.1) is 0 Å². The van der Waals surface area contributed by atoms with Crippen molar-refractivity contribution in [2.75, 3.05) is 26.2 Å². The number of likely N-dealkylation sites (N-methyl/N-ethyl adjacent to an activating group) is 1. The van der Waals surface area contributed by atoms with Crippen molar-refractivity contribution in [3.8, 4) is 0 Å². The van der Waals surface area contributed by atoms with E-state index in [2.05, 4.69) is 37.5 Å². The zero-order chi connectivity index (χ0) is 17.7. The molecule has 0 spiro atoms. The van der Waals surface area contributed by atoms with E-state index in [-0.39, 0.29) is 5.91 Å². The first-order valence-corrected chi connectivity index (χ1v) is 9.91. The topological polar surface area (TPSA) is 41.5 Å². The predicted molar refractivity (Wildman–Crippen MR) is 103 cm³/mol. The van der Waals surface area contributed by atoms with Gasteiger partial charge in [-0.3, -0.25) is 9.28 Å². The highest BCUT2D eigenvalue weighted by molar-refractivity contribution is 5.72. The molecule has 0 aliphatic carbocycles. The van der Waals surface area contributed by atoms with Gasteiger partial charge in [0.15, 0.2) is 6.17 Å². The Bertz CT molecular complexity index is 406. The van der Waals surface area contributed by atoms with Gasteiger partial charge in [-0.15, -0.1) is 0 Å². The summed E-state index contributed by atoms with van der Waals surface area (Å²) in [5.41, 5.74) is 0. The second kappa shape index (κ2) is 12.2. The number of carbonyl (C=O) groups excluding carboxylic acids is 1. The van der Waals surface area contributed by atoms with Gasteiger partial charge in [-0.2, -0.15) is 0 Å². The lowest BCUT2D eigenvalue weighted by atomic mass is 10.1. The number of rotatable bonds is 13. The third-order valence-corrected chi connectivity index (χ3v) is 5.12. The summed E-state index contributed by atoms with van der Waals surface area (Å²) in [4.78, 5) is 15.8. The van der Waals surface area contributed by atoms with Crippen LogP contribution in [0.15, 0.2) is 17.1 Å². The minimum absolute atomic E-state index is 0.0638. The molecule has 0 aromatic carbocycles. The average molecular weight is 337 g/mol. The smallest absolute Gasteiger partial charge is 0.217 e. The molecule has 0 aromatic heterocycles. The molecule has 138 valence electrons. The summed E-state index contributed by atoms with van der Waals surface area (Å²) < 4.78 is 1.01. The normalized spacial score (nSPS) is 23.2. The predicted octanol–water partition coefficient (Wildman–Crippen LogP) is 4.07. The molecule has 2 atom stereocenters. The van der Waals surface area contributed by atoms with Gasteiger partial charge in [0.1, 0.15) is 6.54 Å². The Hall–Kier alpha value is -1.16. The van der Waals surface area contributed by atoms with E-state index in [9.17, 15) is 4.79 Å². The van der Waals surface area contributed by atoms with E-state index < -0.39 is 0 Å². The van der Waals surface area contributed by atoms with Gasteiger partial charge in [0, 0.05) is 13.3 Å². The fourth-order valence-electron chi connectivity index (χ4n) is 3.48. The zero-order valence-corrected chi connectivity index (χ0v) is 16.1. The molecule has 1 aliphatic rings. The maximum absolute atomic E-state index is 11.1. The number of hydrogen-bond donors (Lipinski definition) is 1. The molecule has 1 N–H and O–H groups in total. The summed E-state index contributed by atoms with van der Waals surface area (Å²) in [5, 5.41) is 2.94. The average Bonchev–Trinajstić information content (AvgIpc) is 2.96. The Balaban J connectivity index is 2.22. The van der Waals surface area contributed by atoms with Crippen LogP contribution in [0.2, 0.25) is 0 Å². The van der Waals surface area contributed by atoms with Crippen molar-refractivity contribution in [3.63, 3.8) is 0 Å². The monoisotopic (exact) mass is 336 g/mol. The number of nitrogens with one attached hydrogen (secondary N) is 1. The van der Waals surface area contributed by atoms with Crippen LogP contribution in [-0.4, -0.2) is 48.9 Å². The van der Waals surface area contributed by atoms with Crippen molar-refractivity contribution >= 4 is 12.1 Å². The first-order valence-electron chi connectivity index (χ1n) is 9.91. The fourth-order valence-corrected chi connectivity index (χ4v) is 3.48. The third kappa shape index (κ3) is 7.61. The molecule has 1 rings (SSSR count). The van der Waals surface area contributed by atoms with Crippen LogP contribution in [0.4, 0.5) is 0 Å². The van der Waals surface area contributed by atoms with Gasteiger partial charge in [0.25, 0.3) is 0 Å². The SMILES string of the molecule is CCC/C=C/CCCCCCC1N=CC[N+]1(CC)CCNC(C)=O. The van der Waals surface area contributed by atoms with Gasteiger partial charge in [0.2, 0.25) is 5.91 Å². The molecule has 0 fully saturated rings. The molecule has 0 saturated carbocycles. The highest BCUT2D eigenvalue weighted by atomic mass is 16.1. The molecule has 0 saturated heterocycles. The van der Waals surface area contributed by atoms with Gasteiger partial charge in [-0.25, -0.2) is 4.99 Å². The lowest BCUT2D eigenvalue weighted by Crippen LogP contribution is -2.55. The summed E-state index contributed by atoms with van der Waals surface area (Å²) in [7, 11) is 0. The number of carbonyl (C=O) groups is 1. The van der Waals surface area contributed by atoms with Crippen molar-refractivity contribution in [2.24, 2.45) is 4.99 Å². The van der Waals surface area contributed by atoms with E-state index in [0.29, 0.717) is 6.17 Å². The number of quaternary nitrogens is 1. The number of allylic oxidation sites excluding steroid dienone is 2. The number of nitrogens with zero attached hydrogens (tertiary/aromatic N) is 2. The van der Waals surface area contributed by atoms with Crippen molar-refractivity contribution in [3.05, 3.63) is 12.2 Å². The highest BCUT2D eigenvalue weighted by Crippen LogP contribution is 2.24. The van der Waals surface area contributed by atoms with Crippen molar-refractivity contribution in [1.29, 1.82) is 0 Å². The number of aliphatic imine (C=N–C) groups is 1. The molecule has 4 heteroatoms. The molecule has 0 bridgehead atoms. The first-order chi connectivity index (χ1) is 11.6. The minimum Gasteiger partial charge on any atom is -0.351 e. The van der Waals surface area contributed by atoms with Crippen LogP contribution in [0.25, 0.3) is 0 Å². The van der Waals surface area contributed by atoms with E-state index in [1.54, 1.807) is 6.92 Å². The van der Waals surface area contributed by atoms with Crippen LogP contribution in [0.3, 0.4) is 0 Å². The Morgan fingerprint density at radius 1 is 1.21 bits per heavy atom. The fraction of sp³-hybridized carbons (Fsp3) is 0.800. The van der Waals surface area contributed by atoms with Crippen LogP contribution >= 0.6 is 0 Å². The van der Waals surface area contributed by atoms with E-state index in [1.807, 2.05) is 0 Å². The number of unbranched alkanes of at least 4 members (excludes halogenated alkanes) is 5. The van der Waals surface area contributed by atoms with Crippen LogP contribution in [0.5, 0.6) is 0 Å². The maximum atomic E-state index is 11.1. The van der Waals surface area contributed by atoms with Crippen LogP contribution in [-0.2, 0) is 4.79 Å². The van der Waals surface area contributed by atoms with Crippen molar-refractivity contribution in [2.45, 2.75) is 78.3 Å². The maximum Gasteiger partial charge on any atom is 0.217 e. The lowest BCUT2D eigenvalue weighted by molar-refractivity contribution is -0.935. The van der Waals surface area contributed by atoms with E-state index in [0.717, 1.165) is 30.7 Å². The second-order valence-corrected chi connectivity index (χ2v) is 6.99. The standard InChI is InChI=1S/C20H37N3O/c1-4-6-7-8-9-10-11-12-13-14-20-22-16-18-23(20,5-2)17-15-21-19(3)24/h7-8,16,20H,4-6,9-15,17-18H2,1-3H3/p+1/b8-7+. The van der Waals surface area contributed by atoms with Gasteiger partial charge >= 0.3 is 0 Å². The molecule has 1 heterocycles. The Morgan fingerprint density at radius 3 is 2.67 bits per heavy atom. The number of hydrogen-bond acceptors (Lipinski definition) is 2. The molecule has 0 radical (unpaired) electrons. The second-order valence-electron chi connectivity index (χ2n) is 6.99. The Morgan fingerprint density at radius 2 is 1.96 bits per heavy atom. The third-order valence-electron chi connectivity index (χ3n) is 5.12. The van der Waals surface area contributed by atoms with E-state index >= 15 is 0 Å². The molecule has 4 nitrogen and oxygen atoms in total. The zero-order valence-electron chi connectivity index (χ0n) is 16.1. The van der Waals surface area contributed by atoms with Crippen LogP contribution in [0.1, 0.15) is 72.1 Å². The van der Waals surface area contributed by atoms with Gasteiger partial charge in [-0.1, -0.05) is 38.3 Å². The van der Waals surface area contributed by atoms with E-state index in [4.69, 9.17) is 4.99 Å². The largest absolute Gasteiger partial charge is 0.351 e. The minimum atomic E-state index is 0.0638. The molecule has 1 aliphatic heterocycles. The lowest BCUT2D eigenvalue weighted by Gasteiger charge is -2.38. The molecule has 0 aromatic rings. The highest BCUT2D eigenvalue weighted by Gasteiger charge is 2.37. The van der Waals surface area contributed by atoms with Gasteiger partial charge in [-0.05, 0) is 32.6 Å². The summed E-state index contributed by atoms with van der Waals surface area (Å²) >= 11 is 0. The molecular weight excluding hydrogens is 298 g/mol.